The number of nitrogens with zero attached hydrogens (tertiary/aromatic N) is 5. The minimum absolute atomic E-state index is 0.0548. The fraction of sp³-hybridized carbons (Fsp3) is 0.488. The van der Waals surface area contributed by atoms with Crippen LogP contribution in [0.25, 0.3) is 11.0 Å². The number of unbranched alkanes of at least 4 members (excludes halogenated alkanes) is 1. The van der Waals surface area contributed by atoms with Crippen LogP contribution < -0.4 is 9.64 Å². The largest absolute Gasteiger partial charge is 0.497 e. The summed E-state index contributed by atoms with van der Waals surface area (Å²) < 4.78 is 26.4. The van der Waals surface area contributed by atoms with Gasteiger partial charge >= 0.3 is 6.09 Å². The highest BCUT2D eigenvalue weighted by molar-refractivity contribution is 5.88. The number of allylic oxidation sites excluding steroid dienone is 1. The van der Waals surface area contributed by atoms with E-state index in [1.165, 1.54) is 11.1 Å². The molecule has 1 saturated heterocycles. The Morgan fingerprint density at radius 2 is 1.75 bits per heavy atom. The van der Waals surface area contributed by atoms with Crippen LogP contribution in [0.2, 0.25) is 0 Å². The van der Waals surface area contributed by atoms with Gasteiger partial charge in [-0.25, -0.2) is 14.8 Å². The molecule has 3 heterocycles. The maximum Gasteiger partial charge on any atom is 0.410 e. The van der Waals surface area contributed by atoms with Crippen LogP contribution in [0.4, 0.5) is 10.6 Å². The van der Waals surface area contributed by atoms with Crippen molar-refractivity contribution in [3.63, 3.8) is 0 Å². The number of rotatable bonds is 13. The maximum atomic E-state index is 13.1. The Morgan fingerprint density at radius 1 is 1.00 bits per heavy atom. The van der Waals surface area contributed by atoms with E-state index in [1.54, 1.807) is 13.4 Å². The van der Waals surface area contributed by atoms with E-state index in [9.17, 15) is 4.79 Å². The van der Waals surface area contributed by atoms with Crippen molar-refractivity contribution in [1.29, 1.82) is 0 Å². The van der Waals surface area contributed by atoms with Crippen molar-refractivity contribution >= 4 is 22.9 Å². The van der Waals surface area contributed by atoms with E-state index in [0.29, 0.717) is 19.6 Å². The molecule has 0 bridgehead atoms. The Kier molecular flexibility index (Phi) is 11.0. The van der Waals surface area contributed by atoms with Crippen molar-refractivity contribution in [1.82, 2.24) is 19.4 Å². The number of hydrogen-bond acceptors (Lipinski definition) is 8. The molecule has 2 aliphatic rings. The Labute approximate surface area is 302 Å². The Bertz CT molecular complexity index is 1780. The van der Waals surface area contributed by atoms with Gasteiger partial charge in [0.25, 0.3) is 0 Å². The van der Waals surface area contributed by atoms with Crippen molar-refractivity contribution in [3.05, 3.63) is 96.5 Å². The molecule has 1 amide bonds. The summed E-state index contributed by atoms with van der Waals surface area (Å²) in [5.41, 5.74) is 2.72. The second kappa shape index (κ2) is 15.5. The van der Waals surface area contributed by atoms with Crippen LogP contribution in [-0.2, 0) is 27.2 Å². The van der Waals surface area contributed by atoms with Gasteiger partial charge in [0.05, 0.1) is 24.6 Å². The monoisotopic (exact) mass is 695 g/mol. The second-order valence-corrected chi connectivity index (χ2v) is 15.2. The summed E-state index contributed by atoms with van der Waals surface area (Å²) in [7, 11) is 3.74. The molecule has 10 nitrogen and oxygen atoms in total. The molecule has 0 radical (unpaired) electrons. The summed E-state index contributed by atoms with van der Waals surface area (Å²) in [6.45, 7) is 11.7. The molecule has 2 aromatic carbocycles. The van der Waals surface area contributed by atoms with E-state index in [-0.39, 0.29) is 30.3 Å². The van der Waals surface area contributed by atoms with E-state index >= 15 is 0 Å². The molecule has 4 atom stereocenters. The fourth-order valence-corrected chi connectivity index (χ4v) is 7.26. The van der Waals surface area contributed by atoms with Crippen LogP contribution in [0.1, 0.15) is 71.0 Å². The van der Waals surface area contributed by atoms with Crippen LogP contribution >= 0.6 is 0 Å². The molecule has 0 unspecified atom stereocenters. The lowest BCUT2D eigenvalue weighted by atomic mass is 10.0. The van der Waals surface area contributed by atoms with Gasteiger partial charge in [-0.15, -0.1) is 0 Å². The first-order valence-electron chi connectivity index (χ1n) is 18.1. The number of carbonyl (C=O) groups is 1. The van der Waals surface area contributed by atoms with E-state index in [2.05, 4.69) is 70.2 Å². The molecule has 1 aliphatic carbocycles. The zero-order valence-electron chi connectivity index (χ0n) is 31.1. The van der Waals surface area contributed by atoms with Gasteiger partial charge in [0.2, 0.25) is 0 Å². The highest BCUT2D eigenvalue weighted by atomic mass is 16.8. The SMILES string of the molecule is COc1ccc(CN(C)c2ncnc3c2ccn3[C@@H]2C[C@H](/C=C/CCCN(CCc3ccccc3)C(=O)OC(C)(C)C)[C@H]3OC(C)(C)O[C@H]32)cc1. The summed E-state index contributed by atoms with van der Waals surface area (Å²) in [5, 5.41) is 1.00. The molecule has 1 aliphatic heterocycles. The predicted octanol–water partition coefficient (Wildman–Crippen LogP) is 7.97. The van der Waals surface area contributed by atoms with E-state index in [1.807, 2.05) is 69.9 Å². The molecule has 1 saturated carbocycles. The van der Waals surface area contributed by atoms with Gasteiger partial charge < -0.3 is 33.3 Å². The fourth-order valence-electron chi connectivity index (χ4n) is 7.26. The Morgan fingerprint density at radius 3 is 2.47 bits per heavy atom. The number of anilines is 1. The maximum absolute atomic E-state index is 13.1. The average molecular weight is 696 g/mol. The summed E-state index contributed by atoms with van der Waals surface area (Å²) in [6, 6.07) is 20.5. The van der Waals surface area contributed by atoms with Gasteiger partial charge in [0.1, 0.15) is 35.2 Å². The Balaban J connectivity index is 1.12. The van der Waals surface area contributed by atoms with Gasteiger partial charge in [0.15, 0.2) is 5.79 Å². The van der Waals surface area contributed by atoms with Gasteiger partial charge in [-0.1, -0.05) is 54.6 Å². The van der Waals surface area contributed by atoms with Gasteiger partial charge in [0, 0.05) is 38.8 Å². The number of carbonyl (C=O) groups excluding carboxylic acids is 1. The second-order valence-electron chi connectivity index (χ2n) is 15.2. The third kappa shape index (κ3) is 8.91. The summed E-state index contributed by atoms with van der Waals surface area (Å²) >= 11 is 0. The molecule has 51 heavy (non-hydrogen) atoms. The van der Waals surface area contributed by atoms with Crippen molar-refractivity contribution in [2.24, 2.45) is 5.92 Å². The number of hydrogen-bond donors (Lipinski definition) is 0. The summed E-state index contributed by atoms with van der Waals surface area (Å²) in [5.74, 6) is 1.23. The van der Waals surface area contributed by atoms with Crippen molar-refractivity contribution in [2.45, 2.75) is 96.5 Å². The average Bonchev–Trinajstić information content (AvgIpc) is 3.76. The van der Waals surface area contributed by atoms with Crippen LogP contribution in [0, 0.1) is 5.92 Å². The molecule has 272 valence electrons. The number of amides is 1. The van der Waals surface area contributed by atoms with Crippen LogP contribution in [-0.4, -0.2) is 76.4 Å². The standard InChI is InChI=1S/C41H53N5O5/c1-40(2,3)51-39(47)45(24-21-29-14-10-8-11-15-29)23-13-9-12-16-31-26-34(36-35(31)49-41(4,5)50-36)46-25-22-33-37(42-28-43-38(33)46)44(6)27-30-17-19-32(48-7)20-18-30/h8,10-12,14-20,22,25,28,31,34-36H,9,13,21,23-24,26-27H2,1-7H3/b16-12+/t31-,34+,35+,36-/m0/s1. The third-order valence-corrected chi connectivity index (χ3v) is 9.61. The number of methoxy groups -OCH3 is 1. The predicted molar refractivity (Wildman–Crippen MR) is 200 cm³/mol. The lowest BCUT2D eigenvalue weighted by Gasteiger charge is -2.27. The van der Waals surface area contributed by atoms with E-state index in [0.717, 1.165) is 48.3 Å². The first-order valence-corrected chi connectivity index (χ1v) is 18.1. The van der Waals surface area contributed by atoms with E-state index in [4.69, 9.17) is 23.9 Å². The number of benzene rings is 2. The number of aromatic nitrogens is 3. The minimum Gasteiger partial charge on any atom is -0.497 e. The number of fused-ring (bicyclic) bond motifs is 2. The van der Waals surface area contributed by atoms with Gasteiger partial charge in [-0.3, -0.25) is 0 Å². The Hall–Kier alpha value is -4.41. The first-order chi connectivity index (χ1) is 24.4. The first kappa shape index (κ1) is 36.4. The molecular formula is C41H53N5O5. The molecule has 2 fully saturated rings. The molecule has 2 aromatic heterocycles. The smallest absolute Gasteiger partial charge is 0.410 e. The zero-order chi connectivity index (χ0) is 36.2. The quantitative estimate of drug-likeness (QED) is 0.103. The summed E-state index contributed by atoms with van der Waals surface area (Å²) in [4.78, 5) is 26.5. The zero-order valence-corrected chi connectivity index (χ0v) is 31.1. The van der Waals surface area contributed by atoms with Crippen molar-refractivity contribution < 1.29 is 23.7 Å². The van der Waals surface area contributed by atoms with Crippen molar-refractivity contribution in [2.75, 3.05) is 32.1 Å². The minimum atomic E-state index is -0.672. The molecule has 0 N–H and O–H groups in total. The normalized spacial score (nSPS) is 21.2. The van der Waals surface area contributed by atoms with Crippen molar-refractivity contribution in [3.8, 4) is 5.75 Å². The third-order valence-electron chi connectivity index (χ3n) is 9.61. The summed E-state index contributed by atoms with van der Waals surface area (Å²) in [6.07, 6.45) is 11.2. The van der Waals surface area contributed by atoms with Gasteiger partial charge in [-0.05, 0) is 89.6 Å². The van der Waals surface area contributed by atoms with Crippen LogP contribution in [0.5, 0.6) is 5.75 Å². The molecule has 0 spiro atoms. The molecular weight excluding hydrogens is 642 g/mol. The highest BCUT2D eigenvalue weighted by Crippen LogP contribution is 2.48. The molecule has 4 aromatic rings. The highest BCUT2D eigenvalue weighted by Gasteiger charge is 2.54. The molecule has 6 rings (SSSR count). The number of ether oxygens (including phenoxy) is 4. The van der Waals surface area contributed by atoms with Gasteiger partial charge in [-0.2, -0.15) is 0 Å². The topological polar surface area (TPSA) is 91.2 Å². The lowest BCUT2D eigenvalue weighted by molar-refractivity contribution is -0.158. The molecule has 10 heteroatoms. The van der Waals surface area contributed by atoms with Crippen LogP contribution in [0.3, 0.4) is 0 Å². The van der Waals surface area contributed by atoms with E-state index < -0.39 is 11.4 Å². The lowest BCUT2D eigenvalue weighted by Crippen LogP contribution is -2.38. The van der Waals surface area contributed by atoms with Crippen LogP contribution in [0.15, 0.2) is 85.3 Å².